The van der Waals surface area contributed by atoms with Crippen LogP contribution in [-0.4, -0.2) is 0 Å². The van der Waals surface area contributed by atoms with Gasteiger partial charge in [-0.2, -0.15) is 0 Å². The lowest BCUT2D eigenvalue weighted by molar-refractivity contribution is 0.617. The summed E-state index contributed by atoms with van der Waals surface area (Å²) in [5.74, 6) is -0.643. The molecule has 4 rings (SSSR count). The normalized spacial score (nSPS) is 11.2. The topological polar surface area (TPSA) is 0 Å². The number of hydrogen-bond acceptors (Lipinski definition) is 0. The van der Waals surface area contributed by atoms with Gasteiger partial charge in [0.05, 0.1) is 5.02 Å². The summed E-state index contributed by atoms with van der Waals surface area (Å²) in [7, 11) is 0. The molecule has 4 aromatic rings. The number of halogens is 3. The van der Waals surface area contributed by atoms with Crippen LogP contribution in [0.15, 0.2) is 72.8 Å². The molecule has 0 fully saturated rings. The molecule has 0 amide bonds. The summed E-state index contributed by atoms with van der Waals surface area (Å²) < 4.78 is 28.7. The van der Waals surface area contributed by atoms with Gasteiger partial charge in [0, 0.05) is 5.39 Å². The van der Waals surface area contributed by atoms with E-state index in [4.69, 9.17) is 11.6 Å². The first-order valence-corrected chi connectivity index (χ1v) is 10.7. The first-order valence-electron chi connectivity index (χ1n) is 10.3. The van der Waals surface area contributed by atoms with Crippen LogP contribution >= 0.6 is 11.6 Å². The Morgan fingerprint density at radius 2 is 1.43 bits per heavy atom. The molecule has 0 spiro atoms. The van der Waals surface area contributed by atoms with Gasteiger partial charge in [-0.15, -0.1) is 0 Å². The van der Waals surface area contributed by atoms with E-state index in [2.05, 4.69) is 31.2 Å². The maximum atomic E-state index is 15.1. The van der Waals surface area contributed by atoms with E-state index in [0.717, 1.165) is 34.9 Å². The first-order chi connectivity index (χ1) is 14.5. The number of benzene rings is 4. The average Bonchev–Trinajstić information content (AvgIpc) is 2.76. The SMILES string of the molecule is CCCc1ccc(-c2ccc3c(F)c(CCc4ccc(Cl)c(F)c4)ccc3c2)cc1. The third-order valence-corrected chi connectivity index (χ3v) is 5.83. The van der Waals surface area contributed by atoms with Crippen molar-refractivity contribution in [2.45, 2.75) is 32.6 Å². The second kappa shape index (κ2) is 8.97. The van der Waals surface area contributed by atoms with Crippen LogP contribution in [0.25, 0.3) is 21.9 Å². The molecule has 4 aromatic carbocycles. The van der Waals surface area contributed by atoms with Crippen LogP contribution in [0.5, 0.6) is 0 Å². The molecular weight excluding hydrogens is 398 g/mol. The van der Waals surface area contributed by atoms with Crippen LogP contribution in [0.1, 0.15) is 30.0 Å². The average molecular weight is 421 g/mol. The Balaban J connectivity index is 1.56. The summed E-state index contributed by atoms with van der Waals surface area (Å²) in [6.45, 7) is 2.17. The van der Waals surface area contributed by atoms with Gasteiger partial charge in [-0.05, 0) is 70.7 Å². The quantitative estimate of drug-likeness (QED) is 0.295. The van der Waals surface area contributed by atoms with Gasteiger partial charge >= 0.3 is 0 Å². The third-order valence-electron chi connectivity index (χ3n) is 5.53. The van der Waals surface area contributed by atoms with E-state index < -0.39 is 5.82 Å². The van der Waals surface area contributed by atoms with Gasteiger partial charge in [0.1, 0.15) is 11.6 Å². The molecular formula is C27H23ClF2. The van der Waals surface area contributed by atoms with E-state index in [1.807, 2.05) is 30.3 Å². The van der Waals surface area contributed by atoms with Crippen molar-refractivity contribution in [3.8, 4) is 11.1 Å². The maximum absolute atomic E-state index is 15.1. The van der Waals surface area contributed by atoms with E-state index in [9.17, 15) is 4.39 Å². The minimum absolute atomic E-state index is 0.103. The van der Waals surface area contributed by atoms with Crippen LogP contribution < -0.4 is 0 Å². The third kappa shape index (κ3) is 4.39. The Labute approximate surface area is 181 Å². The summed E-state index contributed by atoms with van der Waals surface area (Å²) in [5, 5.41) is 1.59. The fourth-order valence-corrected chi connectivity index (χ4v) is 3.95. The molecule has 0 aliphatic heterocycles. The van der Waals surface area contributed by atoms with Crippen LogP contribution in [0.2, 0.25) is 5.02 Å². The van der Waals surface area contributed by atoms with Gasteiger partial charge in [-0.25, -0.2) is 8.78 Å². The Morgan fingerprint density at radius 1 is 0.700 bits per heavy atom. The van der Waals surface area contributed by atoms with Gasteiger partial charge in [0.25, 0.3) is 0 Å². The van der Waals surface area contributed by atoms with E-state index >= 15 is 4.39 Å². The highest BCUT2D eigenvalue weighted by atomic mass is 35.5. The van der Waals surface area contributed by atoms with Crippen molar-refractivity contribution in [2.24, 2.45) is 0 Å². The van der Waals surface area contributed by atoms with Crippen LogP contribution in [-0.2, 0) is 19.3 Å². The smallest absolute Gasteiger partial charge is 0.142 e. The van der Waals surface area contributed by atoms with E-state index in [1.165, 1.54) is 11.6 Å². The molecule has 152 valence electrons. The Kier molecular flexibility index (Phi) is 6.15. The molecule has 0 saturated carbocycles. The minimum Gasteiger partial charge on any atom is -0.206 e. The van der Waals surface area contributed by atoms with Gasteiger partial charge in [0.15, 0.2) is 0 Å². The molecule has 0 unspecified atom stereocenters. The molecule has 0 saturated heterocycles. The van der Waals surface area contributed by atoms with Gasteiger partial charge < -0.3 is 0 Å². The highest BCUT2D eigenvalue weighted by Gasteiger charge is 2.10. The number of aryl methyl sites for hydroxylation is 3. The van der Waals surface area contributed by atoms with Gasteiger partial charge in [-0.1, -0.05) is 79.5 Å². The van der Waals surface area contributed by atoms with Crippen molar-refractivity contribution < 1.29 is 8.78 Å². The molecule has 0 heterocycles. The summed E-state index contributed by atoms with van der Waals surface area (Å²) in [6.07, 6.45) is 3.26. The molecule has 30 heavy (non-hydrogen) atoms. The molecule has 0 aromatic heterocycles. The monoisotopic (exact) mass is 420 g/mol. The second-order valence-electron chi connectivity index (χ2n) is 7.67. The molecule has 3 heteroatoms. The standard InChI is InChI=1S/C27H23ClF2/c1-2-3-18-4-8-20(9-5-18)22-13-14-24-23(17-22)12-11-21(27(24)30)10-6-19-7-15-25(28)26(29)16-19/h4-5,7-9,11-17H,2-3,6,10H2,1H3. The van der Waals surface area contributed by atoms with Crippen LogP contribution in [0, 0.1) is 11.6 Å². The van der Waals surface area contributed by atoms with Crippen molar-refractivity contribution >= 4 is 22.4 Å². The zero-order valence-corrected chi connectivity index (χ0v) is 17.6. The van der Waals surface area contributed by atoms with Gasteiger partial charge in [0.2, 0.25) is 0 Å². The summed E-state index contributed by atoms with van der Waals surface area (Å²) in [5.41, 5.74) is 4.98. The fraction of sp³-hybridized carbons (Fsp3) is 0.185. The van der Waals surface area contributed by atoms with E-state index in [1.54, 1.807) is 12.1 Å². The number of hydrogen-bond donors (Lipinski definition) is 0. The minimum atomic E-state index is -0.441. The van der Waals surface area contributed by atoms with Crippen molar-refractivity contribution in [3.05, 3.63) is 106 Å². The summed E-state index contributed by atoms with van der Waals surface area (Å²) >= 11 is 5.73. The van der Waals surface area contributed by atoms with Crippen molar-refractivity contribution in [2.75, 3.05) is 0 Å². The zero-order valence-electron chi connectivity index (χ0n) is 16.9. The highest BCUT2D eigenvalue weighted by Crippen LogP contribution is 2.28. The molecule has 0 aliphatic carbocycles. The van der Waals surface area contributed by atoms with Crippen molar-refractivity contribution in [3.63, 3.8) is 0 Å². The molecule has 0 nitrogen and oxygen atoms in total. The largest absolute Gasteiger partial charge is 0.206 e. The van der Waals surface area contributed by atoms with Gasteiger partial charge in [-0.3, -0.25) is 0 Å². The summed E-state index contributed by atoms with van der Waals surface area (Å²) in [4.78, 5) is 0. The molecule has 0 N–H and O–H groups in total. The Bertz CT molecular complexity index is 1180. The van der Waals surface area contributed by atoms with Crippen molar-refractivity contribution in [1.82, 2.24) is 0 Å². The second-order valence-corrected chi connectivity index (χ2v) is 8.08. The number of rotatable bonds is 6. The van der Waals surface area contributed by atoms with E-state index in [0.29, 0.717) is 23.8 Å². The zero-order chi connectivity index (χ0) is 21.1. The fourth-order valence-electron chi connectivity index (χ4n) is 3.84. The predicted octanol–water partition coefficient (Wildman–Crippen LogP) is 8.18. The molecule has 0 aliphatic rings. The lowest BCUT2D eigenvalue weighted by atomic mass is 9.96. The predicted molar refractivity (Wildman–Crippen MR) is 122 cm³/mol. The molecule has 0 radical (unpaired) electrons. The summed E-state index contributed by atoms with van der Waals surface area (Å²) in [6, 6.07) is 23.0. The Hall–Kier alpha value is -2.71. The lowest BCUT2D eigenvalue weighted by Gasteiger charge is -2.10. The molecule has 0 atom stereocenters. The molecule has 0 bridgehead atoms. The first kappa shape index (κ1) is 20.6. The van der Waals surface area contributed by atoms with E-state index in [-0.39, 0.29) is 10.8 Å². The van der Waals surface area contributed by atoms with Crippen molar-refractivity contribution in [1.29, 1.82) is 0 Å². The highest BCUT2D eigenvalue weighted by molar-refractivity contribution is 6.30. The van der Waals surface area contributed by atoms with Crippen LogP contribution in [0.3, 0.4) is 0 Å². The Morgan fingerprint density at radius 3 is 2.17 bits per heavy atom. The van der Waals surface area contributed by atoms with Crippen LogP contribution in [0.4, 0.5) is 8.78 Å². The maximum Gasteiger partial charge on any atom is 0.142 e. The lowest BCUT2D eigenvalue weighted by Crippen LogP contribution is -1.97. The number of fused-ring (bicyclic) bond motifs is 1.